The van der Waals surface area contributed by atoms with E-state index in [1.54, 1.807) is 42.5 Å². The topological polar surface area (TPSA) is 77.0 Å². The Kier molecular flexibility index (Phi) is 6.60. The van der Waals surface area contributed by atoms with Gasteiger partial charge in [0.05, 0.1) is 18.9 Å². The second-order valence-electron chi connectivity index (χ2n) is 6.73. The molecule has 0 bridgehead atoms. The van der Waals surface area contributed by atoms with Gasteiger partial charge in [-0.25, -0.2) is 10.2 Å². The van der Waals surface area contributed by atoms with Crippen molar-refractivity contribution in [2.45, 2.75) is 13.8 Å². The second-order valence-corrected chi connectivity index (χ2v) is 6.73. The van der Waals surface area contributed by atoms with Crippen LogP contribution in [0.4, 0.5) is 0 Å². The van der Waals surface area contributed by atoms with E-state index in [1.807, 2.05) is 38.1 Å². The molecule has 0 aliphatic carbocycles. The molecule has 0 saturated heterocycles. The molecule has 6 heteroatoms. The van der Waals surface area contributed by atoms with Crippen LogP contribution in [-0.2, 0) is 0 Å². The van der Waals surface area contributed by atoms with Crippen LogP contribution in [0.5, 0.6) is 11.5 Å². The highest BCUT2D eigenvalue weighted by Gasteiger charge is 2.12. The largest absolute Gasteiger partial charge is 0.493 e. The van der Waals surface area contributed by atoms with Crippen LogP contribution in [0.15, 0.2) is 71.8 Å². The molecule has 0 spiro atoms. The average Bonchev–Trinajstić information content (AvgIpc) is 2.75. The zero-order valence-electron chi connectivity index (χ0n) is 17.0. The van der Waals surface area contributed by atoms with Gasteiger partial charge in [0.25, 0.3) is 5.91 Å². The maximum Gasteiger partial charge on any atom is 0.343 e. The molecular formula is C24H22N2O4. The zero-order chi connectivity index (χ0) is 21.5. The highest BCUT2D eigenvalue weighted by molar-refractivity contribution is 5.95. The van der Waals surface area contributed by atoms with Gasteiger partial charge in [0.2, 0.25) is 0 Å². The van der Waals surface area contributed by atoms with Crippen molar-refractivity contribution >= 4 is 18.1 Å². The quantitative estimate of drug-likeness (QED) is 0.289. The van der Waals surface area contributed by atoms with E-state index in [-0.39, 0.29) is 5.91 Å². The summed E-state index contributed by atoms with van der Waals surface area (Å²) in [6.07, 6.45) is 1.49. The maximum atomic E-state index is 12.3. The van der Waals surface area contributed by atoms with Gasteiger partial charge in [-0.05, 0) is 61.9 Å². The molecule has 0 aliphatic heterocycles. The number of aryl methyl sites for hydroxylation is 2. The molecule has 0 saturated carbocycles. The van der Waals surface area contributed by atoms with Gasteiger partial charge in [-0.1, -0.05) is 35.4 Å². The number of nitrogens with zero attached hydrogens (tertiary/aromatic N) is 1. The summed E-state index contributed by atoms with van der Waals surface area (Å²) in [7, 11) is 1.49. The minimum absolute atomic E-state index is 0.295. The third-order valence-electron chi connectivity index (χ3n) is 4.34. The van der Waals surface area contributed by atoms with E-state index in [0.717, 1.165) is 11.1 Å². The normalized spacial score (nSPS) is 10.6. The molecule has 1 amide bonds. The summed E-state index contributed by atoms with van der Waals surface area (Å²) in [6.45, 7) is 3.86. The molecule has 152 valence electrons. The molecule has 1 N–H and O–H groups in total. The van der Waals surface area contributed by atoms with Gasteiger partial charge in [-0.15, -0.1) is 0 Å². The lowest BCUT2D eigenvalue weighted by molar-refractivity contribution is 0.0729. The Labute approximate surface area is 175 Å². The minimum atomic E-state index is -0.472. The van der Waals surface area contributed by atoms with E-state index in [0.29, 0.717) is 28.2 Å². The van der Waals surface area contributed by atoms with E-state index >= 15 is 0 Å². The lowest BCUT2D eigenvalue weighted by atomic mass is 10.1. The number of nitrogens with one attached hydrogen (secondary N) is 1. The molecular weight excluding hydrogens is 380 g/mol. The van der Waals surface area contributed by atoms with Crippen LogP contribution in [-0.4, -0.2) is 25.2 Å². The molecule has 0 radical (unpaired) electrons. The number of rotatable bonds is 6. The number of hydrogen-bond donors (Lipinski definition) is 1. The summed E-state index contributed by atoms with van der Waals surface area (Å²) in [5.41, 5.74) is 6.19. The molecule has 6 nitrogen and oxygen atoms in total. The number of carbonyl (C=O) groups is 2. The molecule has 0 aliphatic rings. The van der Waals surface area contributed by atoms with Crippen LogP contribution in [0.1, 0.15) is 37.4 Å². The van der Waals surface area contributed by atoms with Gasteiger partial charge in [-0.3, -0.25) is 4.79 Å². The Hall–Kier alpha value is -3.93. The first-order chi connectivity index (χ1) is 14.5. The maximum absolute atomic E-state index is 12.3. The molecule has 0 atom stereocenters. The first kappa shape index (κ1) is 20.8. The zero-order valence-corrected chi connectivity index (χ0v) is 17.0. The number of ether oxygens (including phenoxy) is 2. The Bertz CT molecular complexity index is 1090. The predicted octanol–water partition coefficient (Wildman–Crippen LogP) is 4.30. The Morgan fingerprint density at radius 1 is 0.867 bits per heavy atom. The lowest BCUT2D eigenvalue weighted by Gasteiger charge is -2.10. The van der Waals surface area contributed by atoms with Crippen molar-refractivity contribution in [2.24, 2.45) is 5.10 Å². The van der Waals surface area contributed by atoms with Gasteiger partial charge < -0.3 is 9.47 Å². The van der Waals surface area contributed by atoms with Crippen LogP contribution >= 0.6 is 0 Å². The number of hydrogen-bond acceptors (Lipinski definition) is 5. The highest BCUT2D eigenvalue weighted by Crippen LogP contribution is 2.28. The monoisotopic (exact) mass is 402 g/mol. The lowest BCUT2D eigenvalue weighted by Crippen LogP contribution is -2.17. The SMILES string of the molecule is COc1cc(C=NNC(=O)c2cccc(C)c2)ccc1OC(=O)c1ccc(C)cc1. The Balaban J connectivity index is 1.67. The van der Waals surface area contributed by atoms with Gasteiger partial charge in [0.1, 0.15) is 0 Å². The first-order valence-electron chi connectivity index (χ1n) is 9.33. The van der Waals surface area contributed by atoms with Crippen molar-refractivity contribution in [2.75, 3.05) is 7.11 Å². The fourth-order valence-electron chi connectivity index (χ4n) is 2.71. The van der Waals surface area contributed by atoms with E-state index in [4.69, 9.17) is 9.47 Å². The molecule has 3 aromatic rings. The van der Waals surface area contributed by atoms with E-state index in [2.05, 4.69) is 10.5 Å². The van der Waals surface area contributed by atoms with Crippen molar-refractivity contribution in [3.8, 4) is 11.5 Å². The van der Waals surface area contributed by atoms with Crippen LogP contribution in [0.3, 0.4) is 0 Å². The Morgan fingerprint density at radius 2 is 1.63 bits per heavy atom. The summed E-state index contributed by atoms with van der Waals surface area (Å²) >= 11 is 0. The third kappa shape index (κ3) is 5.32. The van der Waals surface area contributed by atoms with E-state index < -0.39 is 5.97 Å². The highest BCUT2D eigenvalue weighted by atomic mass is 16.6. The standard InChI is InChI=1S/C24H22N2O4/c1-16-7-10-19(11-8-16)24(28)30-21-12-9-18(14-22(21)29-3)15-25-26-23(27)20-6-4-5-17(2)13-20/h4-15H,1-3H3,(H,26,27). The van der Waals surface area contributed by atoms with Gasteiger partial charge in [0, 0.05) is 5.56 Å². The van der Waals surface area contributed by atoms with Crippen LogP contribution in [0.2, 0.25) is 0 Å². The minimum Gasteiger partial charge on any atom is -0.493 e. The van der Waals surface area contributed by atoms with Crippen molar-refractivity contribution in [1.82, 2.24) is 5.43 Å². The fourth-order valence-corrected chi connectivity index (χ4v) is 2.71. The van der Waals surface area contributed by atoms with Crippen molar-refractivity contribution in [1.29, 1.82) is 0 Å². The molecule has 3 aromatic carbocycles. The third-order valence-corrected chi connectivity index (χ3v) is 4.34. The van der Waals surface area contributed by atoms with Crippen molar-refractivity contribution < 1.29 is 19.1 Å². The van der Waals surface area contributed by atoms with Gasteiger partial charge >= 0.3 is 5.97 Å². The average molecular weight is 402 g/mol. The predicted molar refractivity (Wildman–Crippen MR) is 115 cm³/mol. The van der Waals surface area contributed by atoms with Crippen LogP contribution < -0.4 is 14.9 Å². The van der Waals surface area contributed by atoms with Crippen LogP contribution in [0.25, 0.3) is 0 Å². The summed E-state index contributed by atoms with van der Waals surface area (Å²) in [5, 5.41) is 3.98. The summed E-state index contributed by atoms with van der Waals surface area (Å²) in [5.74, 6) is -0.0980. The fraction of sp³-hybridized carbons (Fsp3) is 0.125. The number of esters is 1. The summed E-state index contributed by atoms with van der Waals surface area (Å²) in [6, 6.07) is 19.3. The smallest absolute Gasteiger partial charge is 0.343 e. The number of hydrazone groups is 1. The van der Waals surface area contributed by atoms with Crippen molar-refractivity contribution in [3.63, 3.8) is 0 Å². The van der Waals surface area contributed by atoms with Crippen LogP contribution in [0, 0.1) is 13.8 Å². The molecule has 3 rings (SSSR count). The van der Waals surface area contributed by atoms with Crippen molar-refractivity contribution in [3.05, 3.63) is 94.5 Å². The second kappa shape index (κ2) is 9.52. The van der Waals surface area contributed by atoms with E-state index in [1.165, 1.54) is 13.3 Å². The Morgan fingerprint density at radius 3 is 2.33 bits per heavy atom. The number of benzene rings is 3. The molecule has 30 heavy (non-hydrogen) atoms. The molecule has 0 heterocycles. The summed E-state index contributed by atoms with van der Waals surface area (Å²) < 4.78 is 10.8. The van der Waals surface area contributed by atoms with Gasteiger partial charge in [0.15, 0.2) is 11.5 Å². The first-order valence-corrected chi connectivity index (χ1v) is 9.33. The number of amides is 1. The summed E-state index contributed by atoms with van der Waals surface area (Å²) in [4.78, 5) is 24.5. The molecule has 0 aromatic heterocycles. The van der Waals surface area contributed by atoms with Gasteiger partial charge in [-0.2, -0.15) is 5.10 Å². The molecule has 0 unspecified atom stereocenters. The molecule has 0 fully saturated rings. The number of carbonyl (C=O) groups excluding carboxylic acids is 2. The van der Waals surface area contributed by atoms with E-state index in [9.17, 15) is 9.59 Å². The number of methoxy groups -OCH3 is 1.